The molecule has 3 aromatic heterocycles. The number of rotatable bonds is 3. The third kappa shape index (κ3) is 1.96. The van der Waals surface area contributed by atoms with Crippen LogP contribution in [0.4, 0.5) is 0 Å². The predicted molar refractivity (Wildman–Crippen MR) is 77.7 cm³/mol. The average molecular weight is 301 g/mol. The SMILES string of the molecule is O=c1[nH]c2c(-n3cccc3)ncnc2n1C1CCC(CO)O1. The van der Waals surface area contributed by atoms with Crippen LogP contribution in [0.25, 0.3) is 17.0 Å². The minimum Gasteiger partial charge on any atom is -0.394 e. The highest BCUT2D eigenvalue weighted by Crippen LogP contribution is 2.29. The molecular weight excluding hydrogens is 286 g/mol. The topological polar surface area (TPSA) is 98.0 Å². The van der Waals surface area contributed by atoms with E-state index in [1.807, 2.05) is 29.1 Å². The zero-order chi connectivity index (χ0) is 15.1. The van der Waals surface area contributed by atoms with Gasteiger partial charge in [0.15, 0.2) is 11.5 Å². The van der Waals surface area contributed by atoms with Gasteiger partial charge in [0, 0.05) is 12.4 Å². The number of aliphatic hydroxyl groups is 1. The molecule has 2 N–H and O–H groups in total. The van der Waals surface area contributed by atoms with Gasteiger partial charge in [0.25, 0.3) is 0 Å². The minimum absolute atomic E-state index is 0.0444. The van der Waals surface area contributed by atoms with E-state index in [1.54, 1.807) is 0 Å². The third-order valence-corrected chi connectivity index (χ3v) is 3.91. The van der Waals surface area contributed by atoms with E-state index in [-0.39, 0.29) is 18.4 Å². The molecule has 2 unspecified atom stereocenters. The average Bonchev–Trinajstić information content (AvgIpc) is 3.25. The summed E-state index contributed by atoms with van der Waals surface area (Å²) in [7, 11) is 0. The third-order valence-electron chi connectivity index (χ3n) is 3.91. The fourth-order valence-corrected chi connectivity index (χ4v) is 2.87. The highest BCUT2D eigenvalue weighted by Gasteiger charge is 2.29. The molecule has 1 fully saturated rings. The largest absolute Gasteiger partial charge is 0.394 e. The van der Waals surface area contributed by atoms with Crippen LogP contribution in [-0.4, -0.2) is 41.9 Å². The number of hydrogen-bond acceptors (Lipinski definition) is 5. The van der Waals surface area contributed by atoms with E-state index in [4.69, 9.17) is 4.74 Å². The summed E-state index contributed by atoms with van der Waals surface area (Å²) < 4.78 is 9.02. The summed E-state index contributed by atoms with van der Waals surface area (Å²) in [6.45, 7) is -0.0444. The Kier molecular flexibility index (Phi) is 3.05. The van der Waals surface area contributed by atoms with Crippen molar-refractivity contribution in [1.82, 2.24) is 24.1 Å². The van der Waals surface area contributed by atoms with Crippen LogP contribution in [0.5, 0.6) is 0 Å². The lowest BCUT2D eigenvalue weighted by Gasteiger charge is -2.13. The summed E-state index contributed by atoms with van der Waals surface area (Å²) in [5, 5.41) is 9.18. The Bertz CT molecular complexity index is 851. The second-order valence-corrected chi connectivity index (χ2v) is 5.26. The number of aromatic nitrogens is 5. The predicted octanol–water partition coefficient (Wildman–Crippen LogP) is 0.580. The Hall–Kier alpha value is -2.45. The number of aromatic amines is 1. The van der Waals surface area contributed by atoms with Crippen LogP contribution in [0, 0.1) is 0 Å². The van der Waals surface area contributed by atoms with Crippen molar-refractivity contribution in [3.8, 4) is 5.82 Å². The molecule has 0 radical (unpaired) electrons. The number of nitrogens with zero attached hydrogens (tertiary/aromatic N) is 4. The number of fused-ring (bicyclic) bond motifs is 1. The lowest BCUT2D eigenvalue weighted by atomic mass is 10.2. The first-order valence-corrected chi connectivity index (χ1v) is 7.13. The van der Waals surface area contributed by atoms with E-state index >= 15 is 0 Å². The van der Waals surface area contributed by atoms with E-state index in [0.717, 1.165) is 6.42 Å². The van der Waals surface area contributed by atoms with Gasteiger partial charge in [-0.3, -0.25) is 0 Å². The van der Waals surface area contributed by atoms with Crippen molar-refractivity contribution in [2.75, 3.05) is 6.61 Å². The number of aliphatic hydroxyl groups excluding tert-OH is 1. The first-order valence-electron chi connectivity index (χ1n) is 7.13. The van der Waals surface area contributed by atoms with Crippen LogP contribution in [0.1, 0.15) is 19.1 Å². The Morgan fingerprint density at radius 2 is 2.14 bits per heavy atom. The van der Waals surface area contributed by atoms with Gasteiger partial charge in [-0.2, -0.15) is 0 Å². The molecule has 8 heteroatoms. The van der Waals surface area contributed by atoms with Gasteiger partial charge in [-0.15, -0.1) is 0 Å². The summed E-state index contributed by atoms with van der Waals surface area (Å²) in [5.74, 6) is 0.613. The Morgan fingerprint density at radius 1 is 1.32 bits per heavy atom. The molecule has 0 amide bonds. The van der Waals surface area contributed by atoms with Gasteiger partial charge in [0.2, 0.25) is 0 Å². The van der Waals surface area contributed by atoms with Crippen LogP contribution >= 0.6 is 0 Å². The normalized spacial score (nSPS) is 21.7. The molecule has 0 bridgehead atoms. The van der Waals surface area contributed by atoms with Crippen molar-refractivity contribution in [3.05, 3.63) is 41.3 Å². The van der Waals surface area contributed by atoms with Crippen LogP contribution in [0.2, 0.25) is 0 Å². The number of imidazole rings is 1. The van der Waals surface area contributed by atoms with E-state index in [2.05, 4.69) is 15.0 Å². The fraction of sp³-hybridized carbons (Fsp3) is 0.357. The van der Waals surface area contributed by atoms with Crippen LogP contribution < -0.4 is 5.69 Å². The van der Waals surface area contributed by atoms with Gasteiger partial charge in [-0.25, -0.2) is 19.3 Å². The second kappa shape index (κ2) is 5.08. The van der Waals surface area contributed by atoms with Crippen molar-refractivity contribution in [3.63, 3.8) is 0 Å². The molecule has 114 valence electrons. The molecule has 3 aromatic rings. The van der Waals surface area contributed by atoms with Crippen LogP contribution in [0.15, 0.2) is 35.6 Å². The highest BCUT2D eigenvalue weighted by atomic mass is 16.5. The van der Waals surface area contributed by atoms with Crippen molar-refractivity contribution >= 4 is 11.2 Å². The molecular formula is C14H15N5O3. The molecule has 8 nitrogen and oxygen atoms in total. The van der Waals surface area contributed by atoms with Gasteiger partial charge in [0.05, 0.1) is 12.7 Å². The number of H-pyrrole nitrogens is 1. The smallest absolute Gasteiger partial charge is 0.329 e. The van der Waals surface area contributed by atoms with E-state index in [0.29, 0.717) is 23.4 Å². The van der Waals surface area contributed by atoms with Gasteiger partial charge >= 0.3 is 5.69 Å². The maximum atomic E-state index is 12.3. The summed E-state index contributed by atoms with van der Waals surface area (Å²) in [6, 6.07) is 3.77. The molecule has 2 atom stereocenters. The van der Waals surface area contributed by atoms with Gasteiger partial charge in [-0.05, 0) is 25.0 Å². The fourth-order valence-electron chi connectivity index (χ4n) is 2.87. The summed E-state index contributed by atoms with van der Waals surface area (Å²) >= 11 is 0. The Morgan fingerprint density at radius 3 is 2.86 bits per heavy atom. The summed E-state index contributed by atoms with van der Waals surface area (Å²) in [4.78, 5) is 23.6. The highest BCUT2D eigenvalue weighted by molar-refractivity contribution is 5.78. The Labute approximate surface area is 125 Å². The van der Waals surface area contributed by atoms with Crippen molar-refractivity contribution < 1.29 is 9.84 Å². The van der Waals surface area contributed by atoms with E-state index < -0.39 is 6.23 Å². The maximum Gasteiger partial charge on any atom is 0.329 e. The van der Waals surface area contributed by atoms with Crippen molar-refractivity contribution in [2.45, 2.75) is 25.2 Å². The second-order valence-electron chi connectivity index (χ2n) is 5.26. The molecule has 0 saturated carbocycles. The molecule has 0 spiro atoms. The molecule has 0 aromatic carbocycles. The number of hydrogen-bond donors (Lipinski definition) is 2. The number of nitrogens with one attached hydrogen (secondary N) is 1. The van der Waals surface area contributed by atoms with Gasteiger partial charge < -0.3 is 19.4 Å². The molecule has 1 aliphatic rings. The van der Waals surface area contributed by atoms with Gasteiger partial charge in [-0.1, -0.05) is 0 Å². The Balaban J connectivity index is 1.86. The molecule has 1 saturated heterocycles. The lowest BCUT2D eigenvalue weighted by molar-refractivity contribution is -0.0221. The molecule has 4 heterocycles. The molecule has 4 rings (SSSR count). The zero-order valence-electron chi connectivity index (χ0n) is 11.7. The van der Waals surface area contributed by atoms with E-state index in [1.165, 1.54) is 10.9 Å². The minimum atomic E-state index is -0.411. The van der Waals surface area contributed by atoms with E-state index in [9.17, 15) is 9.90 Å². The lowest BCUT2D eigenvalue weighted by Crippen LogP contribution is -2.23. The first kappa shape index (κ1) is 13.2. The first-order chi connectivity index (χ1) is 10.8. The van der Waals surface area contributed by atoms with Crippen LogP contribution in [0.3, 0.4) is 0 Å². The molecule has 22 heavy (non-hydrogen) atoms. The summed E-state index contributed by atoms with van der Waals surface area (Å²) in [6.07, 6.45) is 5.88. The van der Waals surface area contributed by atoms with Crippen LogP contribution in [-0.2, 0) is 4.74 Å². The zero-order valence-corrected chi connectivity index (χ0v) is 11.7. The number of ether oxygens (including phenoxy) is 1. The van der Waals surface area contributed by atoms with Crippen molar-refractivity contribution in [1.29, 1.82) is 0 Å². The monoisotopic (exact) mass is 301 g/mol. The molecule has 0 aliphatic carbocycles. The maximum absolute atomic E-state index is 12.3. The summed E-state index contributed by atoms with van der Waals surface area (Å²) in [5.41, 5.74) is 0.791. The quantitative estimate of drug-likeness (QED) is 0.737. The molecule has 1 aliphatic heterocycles. The van der Waals surface area contributed by atoms with Gasteiger partial charge in [0.1, 0.15) is 18.1 Å². The standard InChI is InChI=1S/C14H15N5O3/c20-7-9-3-4-10(22-9)19-13-11(17-14(19)21)12(15-8-16-13)18-5-1-2-6-18/h1-2,5-6,8-10,20H,3-4,7H2,(H,17,21). The van der Waals surface area contributed by atoms with Crippen molar-refractivity contribution in [2.24, 2.45) is 0 Å².